The van der Waals surface area contributed by atoms with E-state index in [1.807, 2.05) is 37.9 Å². The molecule has 0 heterocycles. The molecule has 1 amide bonds. The average Bonchev–Trinajstić information content (AvgIpc) is 2.64. The van der Waals surface area contributed by atoms with Crippen molar-refractivity contribution in [2.75, 3.05) is 32.1 Å². The first-order chi connectivity index (χ1) is 12.5. The second kappa shape index (κ2) is 9.77. The summed E-state index contributed by atoms with van der Waals surface area (Å²) in [6.45, 7) is 5.11. The van der Waals surface area contributed by atoms with Crippen LogP contribution in [0.5, 0.6) is 11.5 Å². The van der Waals surface area contributed by atoms with Crippen molar-refractivity contribution in [1.29, 1.82) is 0 Å². The van der Waals surface area contributed by atoms with Crippen molar-refractivity contribution in [1.82, 2.24) is 4.90 Å². The molecule has 0 aliphatic carbocycles. The van der Waals surface area contributed by atoms with Crippen molar-refractivity contribution in [3.05, 3.63) is 54.3 Å². The largest absolute Gasteiger partial charge is 0.494 e. The number of nitrogens with one attached hydrogen (secondary N) is 1. The second-order valence-electron chi connectivity index (χ2n) is 5.88. The summed E-state index contributed by atoms with van der Waals surface area (Å²) in [5, 5.41) is 2.87. The summed E-state index contributed by atoms with van der Waals surface area (Å²) < 4.78 is 24.3. The summed E-state index contributed by atoms with van der Waals surface area (Å²) in [7, 11) is 1.83. The minimum Gasteiger partial charge on any atom is -0.494 e. The SMILES string of the molecule is CCOc1ccc(NC(=O)C(C)N(C)CCOc2ccccc2F)cc1. The van der Waals surface area contributed by atoms with E-state index in [4.69, 9.17) is 9.47 Å². The number of para-hydroxylation sites is 1. The molecular formula is C20H25FN2O3. The summed E-state index contributed by atoms with van der Waals surface area (Å²) in [6.07, 6.45) is 0. The lowest BCUT2D eigenvalue weighted by Gasteiger charge is -2.24. The number of amides is 1. The molecule has 1 atom stereocenters. The summed E-state index contributed by atoms with van der Waals surface area (Å²) in [6, 6.07) is 13.1. The molecule has 1 N–H and O–H groups in total. The number of likely N-dealkylation sites (N-methyl/N-ethyl adjacent to an activating group) is 1. The van der Waals surface area contributed by atoms with Crippen LogP contribution >= 0.6 is 0 Å². The van der Waals surface area contributed by atoms with Gasteiger partial charge in [-0.25, -0.2) is 4.39 Å². The molecule has 2 aromatic carbocycles. The molecule has 2 rings (SSSR count). The van der Waals surface area contributed by atoms with E-state index < -0.39 is 5.82 Å². The lowest BCUT2D eigenvalue weighted by molar-refractivity contribution is -0.120. The van der Waals surface area contributed by atoms with Crippen LogP contribution in [0.2, 0.25) is 0 Å². The fourth-order valence-corrected chi connectivity index (χ4v) is 2.30. The topological polar surface area (TPSA) is 50.8 Å². The molecule has 1 unspecified atom stereocenters. The maximum absolute atomic E-state index is 13.5. The highest BCUT2D eigenvalue weighted by Gasteiger charge is 2.18. The number of benzene rings is 2. The number of ether oxygens (including phenoxy) is 2. The molecule has 6 heteroatoms. The molecule has 0 aromatic heterocycles. The number of carbonyl (C=O) groups excluding carboxylic acids is 1. The molecular weight excluding hydrogens is 335 g/mol. The van der Waals surface area contributed by atoms with E-state index in [1.54, 1.807) is 30.3 Å². The van der Waals surface area contributed by atoms with Crippen LogP contribution in [0.15, 0.2) is 48.5 Å². The monoisotopic (exact) mass is 360 g/mol. The Morgan fingerprint density at radius 3 is 2.50 bits per heavy atom. The van der Waals surface area contributed by atoms with Gasteiger partial charge in [0.15, 0.2) is 11.6 Å². The Kier molecular flexibility index (Phi) is 7.41. The van der Waals surface area contributed by atoms with Gasteiger partial charge in [-0.15, -0.1) is 0 Å². The van der Waals surface area contributed by atoms with E-state index in [0.717, 1.165) is 5.75 Å². The van der Waals surface area contributed by atoms with Gasteiger partial charge in [-0.05, 0) is 57.3 Å². The first-order valence-electron chi connectivity index (χ1n) is 8.62. The van der Waals surface area contributed by atoms with Gasteiger partial charge in [0.1, 0.15) is 12.4 Å². The number of halogens is 1. The van der Waals surface area contributed by atoms with E-state index >= 15 is 0 Å². The van der Waals surface area contributed by atoms with Gasteiger partial charge < -0.3 is 14.8 Å². The fourth-order valence-electron chi connectivity index (χ4n) is 2.30. The summed E-state index contributed by atoms with van der Waals surface area (Å²) in [5.41, 5.74) is 0.710. The Bertz CT molecular complexity index is 706. The van der Waals surface area contributed by atoms with E-state index in [1.165, 1.54) is 6.07 Å². The van der Waals surface area contributed by atoms with Gasteiger partial charge in [0.2, 0.25) is 5.91 Å². The van der Waals surface area contributed by atoms with E-state index in [9.17, 15) is 9.18 Å². The minimum atomic E-state index is -0.392. The van der Waals surface area contributed by atoms with Crippen molar-refractivity contribution in [2.45, 2.75) is 19.9 Å². The average molecular weight is 360 g/mol. The zero-order chi connectivity index (χ0) is 18.9. The summed E-state index contributed by atoms with van der Waals surface area (Å²) in [4.78, 5) is 14.2. The quantitative estimate of drug-likeness (QED) is 0.743. The van der Waals surface area contributed by atoms with Crippen molar-refractivity contribution < 1.29 is 18.7 Å². The third kappa shape index (κ3) is 5.74. The Morgan fingerprint density at radius 1 is 1.15 bits per heavy atom. The molecule has 140 valence electrons. The zero-order valence-electron chi connectivity index (χ0n) is 15.4. The number of carbonyl (C=O) groups is 1. The molecule has 0 bridgehead atoms. The first kappa shape index (κ1) is 19.7. The molecule has 0 fully saturated rings. The predicted octanol–water partition coefficient (Wildman–Crippen LogP) is 3.56. The Hall–Kier alpha value is -2.60. The Labute approximate surface area is 153 Å². The van der Waals surface area contributed by atoms with Crippen LogP contribution in [0.25, 0.3) is 0 Å². The van der Waals surface area contributed by atoms with Crippen molar-refractivity contribution in [2.24, 2.45) is 0 Å². The normalized spacial score (nSPS) is 11.9. The van der Waals surface area contributed by atoms with Crippen molar-refractivity contribution >= 4 is 11.6 Å². The van der Waals surface area contributed by atoms with Gasteiger partial charge >= 0.3 is 0 Å². The Morgan fingerprint density at radius 2 is 1.85 bits per heavy atom. The van der Waals surface area contributed by atoms with Crippen LogP contribution in [-0.4, -0.2) is 43.7 Å². The predicted molar refractivity (Wildman–Crippen MR) is 100 cm³/mol. The summed E-state index contributed by atoms with van der Waals surface area (Å²) >= 11 is 0. The minimum absolute atomic E-state index is 0.123. The number of hydrogen-bond acceptors (Lipinski definition) is 4. The highest BCUT2D eigenvalue weighted by atomic mass is 19.1. The van der Waals surface area contributed by atoms with Gasteiger partial charge in [-0.1, -0.05) is 12.1 Å². The maximum Gasteiger partial charge on any atom is 0.241 e. The summed E-state index contributed by atoms with van der Waals surface area (Å²) in [5.74, 6) is 0.465. The lowest BCUT2D eigenvalue weighted by atomic mass is 10.2. The van der Waals surface area contributed by atoms with Gasteiger partial charge in [-0.2, -0.15) is 0 Å². The third-order valence-corrected chi connectivity index (χ3v) is 4.01. The standard InChI is InChI=1S/C20H25FN2O3/c1-4-25-17-11-9-16(10-12-17)22-20(24)15(2)23(3)13-14-26-19-8-6-5-7-18(19)21/h5-12,15H,4,13-14H2,1-3H3,(H,22,24). The number of nitrogens with zero attached hydrogens (tertiary/aromatic N) is 1. The smallest absolute Gasteiger partial charge is 0.241 e. The molecule has 0 saturated heterocycles. The molecule has 0 aliphatic heterocycles. The van der Waals surface area contributed by atoms with Crippen LogP contribution in [-0.2, 0) is 4.79 Å². The molecule has 0 spiro atoms. The lowest BCUT2D eigenvalue weighted by Crippen LogP contribution is -2.41. The zero-order valence-corrected chi connectivity index (χ0v) is 15.4. The van der Waals surface area contributed by atoms with Gasteiger partial charge in [0, 0.05) is 12.2 Å². The second-order valence-corrected chi connectivity index (χ2v) is 5.88. The van der Waals surface area contributed by atoms with Crippen LogP contribution in [0.4, 0.5) is 10.1 Å². The molecule has 2 aromatic rings. The molecule has 0 aliphatic rings. The van der Waals surface area contributed by atoms with Crippen molar-refractivity contribution in [3.8, 4) is 11.5 Å². The number of hydrogen-bond donors (Lipinski definition) is 1. The molecule has 0 saturated carbocycles. The molecule has 26 heavy (non-hydrogen) atoms. The van der Waals surface area contributed by atoms with E-state index in [2.05, 4.69) is 5.32 Å². The van der Waals surface area contributed by atoms with Crippen LogP contribution in [0, 0.1) is 5.82 Å². The molecule has 0 radical (unpaired) electrons. The van der Waals surface area contributed by atoms with Crippen LogP contribution < -0.4 is 14.8 Å². The van der Waals surface area contributed by atoms with E-state index in [-0.39, 0.29) is 24.3 Å². The van der Waals surface area contributed by atoms with Crippen molar-refractivity contribution in [3.63, 3.8) is 0 Å². The first-order valence-corrected chi connectivity index (χ1v) is 8.62. The van der Waals surface area contributed by atoms with Gasteiger partial charge in [-0.3, -0.25) is 9.69 Å². The molecule has 5 nitrogen and oxygen atoms in total. The number of rotatable bonds is 9. The van der Waals surface area contributed by atoms with Gasteiger partial charge in [0.05, 0.1) is 12.6 Å². The number of anilines is 1. The van der Waals surface area contributed by atoms with Crippen LogP contribution in [0.3, 0.4) is 0 Å². The van der Waals surface area contributed by atoms with Crippen LogP contribution in [0.1, 0.15) is 13.8 Å². The van der Waals surface area contributed by atoms with E-state index in [0.29, 0.717) is 18.8 Å². The third-order valence-electron chi connectivity index (χ3n) is 4.01. The highest BCUT2D eigenvalue weighted by molar-refractivity contribution is 5.94. The Balaban J connectivity index is 1.80. The van der Waals surface area contributed by atoms with Gasteiger partial charge in [0.25, 0.3) is 0 Å². The highest BCUT2D eigenvalue weighted by Crippen LogP contribution is 2.17. The maximum atomic E-state index is 13.5. The fraction of sp³-hybridized carbons (Fsp3) is 0.350.